The summed E-state index contributed by atoms with van der Waals surface area (Å²) in [5.74, 6) is 0.0455. The zero-order valence-corrected chi connectivity index (χ0v) is 12.4. The molecule has 2 aliphatic heterocycles. The molecule has 0 amide bonds. The summed E-state index contributed by atoms with van der Waals surface area (Å²) in [6.07, 6.45) is 0.646. The van der Waals surface area contributed by atoms with Gasteiger partial charge in [0.1, 0.15) is 0 Å². The van der Waals surface area contributed by atoms with E-state index in [0.29, 0.717) is 12.0 Å². The van der Waals surface area contributed by atoms with E-state index in [1.807, 2.05) is 42.5 Å². The Hall–Kier alpha value is -1.81. The molecule has 0 saturated carbocycles. The predicted octanol–water partition coefficient (Wildman–Crippen LogP) is 3.04. The van der Waals surface area contributed by atoms with E-state index in [-0.39, 0.29) is 22.9 Å². The number of hydrogen-bond donors (Lipinski definition) is 1. The molecule has 0 spiro atoms. The number of para-hydroxylation sites is 1. The van der Waals surface area contributed by atoms with Gasteiger partial charge in [0.25, 0.3) is 0 Å². The van der Waals surface area contributed by atoms with E-state index in [2.05, 4.69) is 4.99 Å². The molecule has 2 aliphatic rings. The lowest BCUT2D eigenvalue weighted by Gasteiger charge is -2.26. The van der Waals surface area contributed by atoms with Crippen molar-refractivity contribution >= 4 is 28.6 Å². The van der Waals surface area contributed by atoms with Crippen molar-refractivity contribution in [3.05, 3.63) is 65.2 Å². The molecule has 2 aromatic rings. The number of rotatable bonds is 0. The Morgan fingerprint density at radius 1 is 1.15 bits per heavy atom. The molecule has 0 saturated heterocycles. The molecule has 20 heavy (non-hydrogen) atoms. The number of nitrogens with zero attached hydrogens (tertiary/aromatic N) is 2. The number of nitrogens with two attached hydrogens (primary N) is 1. The molecule has 0 bridgehead atoms. The van der Waals surface area contributed by atoms with Gasteiger partial charge in [-0.2, -0.15) is 0 Å². The molecule has 0 fully saturated rings. The topological polar surface area (TPSA) is 41.6 Å². The van der Waals surface area contributed by atoms with Crippen molar-refractivity contribution < 1.29 is 4.11 Å². The van der Waals surface area contributed by atoms with Gasteiger partial charge in [-0.25, -0.2) is 0 Å². The number of halogens is 1. The van der Waals surface area contributed by atoms with Crippen molar-refractivity contribution in [3.8, 4) is 0 Å². The van der Waals surface area contributed by atoms with Crippen LogP contribution in [0.25, 0.3) is 0 Å². The van der Waals surface area contributed by atoms with Crippen molar-refractivity contribution in [1.82, 2.24) is 0 Å². The highest BCUT2D eigenvalue weighted by Gasteiger charge is 2.33. The molecular formula is C16H16BrN3. The summed E-state index contributed by atoms with van der Waals surface area (Å²) in [5, 5.41) is 0. The van der Waals surface area contributed by atoms with Crippen molar-refractivity contribution in [3.63, 3.8) is 0 Å². The van der Waals surface area contributed by atoms with Crippen LogP contribution in [0, 0.1) is 0 Å². The first-order chi connectivity index (χ1) is 10.4. The monoisotopic (exact) mass is 333 g/mol. The van der Waals surface area contributed by atoms with E-state index in [4.69, 9.17) is 9.85 Å². The normalized spacial score (nSPS) is 27.5. The van der Waals surface area contributed by atoms with E-state index in [1.54, 1.807) is 6.07 Å². The maximum atomic E-state index is 8.98. The van der Waals surface area contributed by atoms with Crippen LogP contribution in [0.15, 0.2) is 53.5 Å². The molecule has 1 atom stereocenters. The van der Waals surface area contributed by atoms with Crippen LogP contribution in [0.2, 0.25) is 0 Å². The van der Waals surface area contributed by atoms with Crippen molar-refractivity contribution in [2.45, 2.75) is 12.4 Å². The zero-order chi connectivity index (χ0) is 15.5. The van der Waals surface area contributed by atoms with Gasteiger partial charge in [-0.3, -0.25) is 4.99 Å². The molecular weight excluding hydrogens is 315 g/mol. The molecule has 102 valence electrons. The summed E-state index contributed by atoms with van der Waals surface area (Å²) in [7, 11) is 0. The van der Waals surface area contributed by atoms with Gasteiger partial charge in [0.05, 0.1) is 16.6 Å². The minimum atomic E-state index is -2.12. The van der Waals surface area contributed by atoms with Crippen LogP contribution in [-0.2, 0) is 6.42 Å². The molecule has 0 aromatic heterocycles. The second kappa shape index (κ2) is 4.94. The number of anilines is 1. The number of aliphatic imine (C=N–C) groups is 1. The number of hydrogen-bond acceptors (Lipinski definition) is 3. The largest absolute Gasteiger partial charge is 0.369 e. The Morgan fingerprint density at radius 2 is 1.85 bits per heavy atom. The van der Waals surface area contributed by atoms with Gasteiger partial charge < -0.3 is 10.6 Å². The Kier molecular flexibility index (Phi) is 2.47. The minimum Gasteiger partial charge on any atom is -0.369 e. The first-order valence-electron chi connectivity index (χ1n) is 7.77. The second-order valence-electron chi connectivity index (χ2n) is 4.73. The lowest BCUT2D eigenvalue weighted by molar-refractivity contribution is 0.768. The molecule has 4 rings (SSSR count). The molecule has 2 heterocycles. The third kappa shape index (κ3) is 1.83. The first kappa shape index (κ1) is 10.00. The van der Waals surface area contributed by atoms with Gasteiger partial charge in [0.15, 0.2) is 5.96 Å². The molecule has 2 aromatic carbocycles. The molecule has 0 radical (unpaired) electrons. The van der Waals surface area contributed by atoms with Crippen LogP contribution in [-0.4, -0.2) is 12.5 Å². The maximum Gasteiger partial charge on any atom is 0.196 e. The number of guanidine groups is 1. The standard InChI is InChI=1S/C16H15N3.BrH/c17-16-18-10-15-13-7-3-1-5-11(13)9-12-6-2-4-8-14(12)19(15)16;/h1-8,15H,9-10H2,(H2,17,18);1H/i10+1D2,15D;. The average molecular weight is 334 g/mol. The fraction of sp³-hybridized carbons (Fsp3) is 0.188. The fourth-order valence-electron chi connectivity index (χ4n) is 2.74. The van der Waals surface area contributed by atoms with Crippen LogP contribution in [0.4, 0.5) is 5.69 Å². The van der Waals surface area contributed by atoms with Gasteiger partial charge in [0, 0.05) is 5.69 Å². The van der Waals surface area contributed by atoms with Gasteiger partial charge >= 0.3 is 0 Å². The van der Waals surface area contributed by atoms with E-state index in [0.717, 1.165) is 16.8 Å². The fourth-order valence-corrected chi connectivity index (χ4v) is 2.74. The van der Waals surface area contributed by atoms with Crippen molar-refractivity contribution in [1.29, 1.82) is 0 Å². The highest BCUT2D eigenvalue weighted by atomic mass is 79.9. The van der Waals surface area contributed by atoms with Gasteiger partial charge in [-0.15, -0.1) is 17.0 Å². The summed E-state index contributed by atoms with van der Waals surface area (Å²) in [5.41, 5.74) is 9.31. The molecule has 4 heteroatoms. The summed E-state index contributed by atoms with van der Waals surface area (Å²) in [4.78, 5) is 5.46. The molecule has 3 nitrogen and oxygen atoms in total. The van der Waals surface area contributed by atoms with Crippen molar-refractivity contribution in [2.75, 3.05) is 11.4 Å². The Labute approximate surface area is 133 Å². The lowest BCUT2D eigenvalue weighted by atomic mass is 9.99. The SMILES string of the molecule is Br.[2H]C12c3ccccc3Cc3ccccc3N1C(N)=N[13C]2([2H])[2H]. The third-order valence-corrected chi connectivity index (χ3v) is 3.61. The Balaban J connectivity index is 0.00000156. The molecule has 2 N–H and O–H groups in total. The predicted molar refractivity (Wildman–Crippen MR) is 87.7 cm³/mol. The second-order valence-corrected chi connectivity index (χ2v) is 4.73. The number of benzene rings is 2. The summed E-state index contributed by atoms with van der Waals surface area (Å²) in [6.45, 7) is -2.12. The third-order valence-electron chi connectivity index (χ3n) is 3.61. The quantitative estimate of drug-likeness (QED) is 0.753. The lowest BCUT2D eigenvalue weighted by Crippen LogP contribution is -2.36. The van der Waals surface area contributed by atoms with Crippen LogP contribution in [0.1, 0.15) is 26.8 Å². The van der Waals surface area contributed by atoms with Gasteiger partial charge in [-0.1, -0.05) is 42.5 Å². The van der Waals surface area contributed by atoms with Gasteiger partial charge in [-0.05, 0) is 29.2 Å². The van der Waals surface area contributed by atoms with Crippen LogP contribution in [0.3, 0.4) is 0 Å². The minimum absolute atomic E-state index is 0. The van der Waals surface area contributed by atoms with Gasteiger partial charge in [0.2, 0.25) is 0 Å². The Bertz CT molecular complexity index is 809. The van der Waals surface area contributed by atoms with E-state index in [1.165, 1.54) is 4.90 Å². The Morgan fingerprint density at radius 3 is 2.70 bits per heavy atom. The summed E-state index contributed by atoms with van der Waals surface area (Å²) in [6, 6.07) is 13.5. The van der Waals surface area contributed by atoms with Crippen LogP contribution in [0.5, 0.6) is 0 Å². The molecule has 1 unspecified atom stereocenters. The zero-order valence-electron chi connectivity index (χ0n) is 13.7. The summed E-state index contributed by atoms with van der Waals surface area (Å²) >= 11 is 0. The van der Waals surface area contributed by atoms with Crippen LogP contribution >= 0.6 is 17.0 Å². The maximum absolute atomic E-state index is 8.98. The highest BCUT2D eigenvalue weighted by Crippen LogP contribution is 2.39. The van der Waals surface area contributed by atoms with Crippen LogP contribution < -0.4 is 10.6 Å². The summed E-state index contributed by atoms with van der Waals surface area (Å²) < 4.78 is 25.5. The van der Waals surface area contributed by atoms with Crippen molar-refractivity contribution in [2.24, 2.45) is 10.7 Å². The first-order valence-corrected chi connectivity index (χ1v) is 6.27. The van der Waals surface area contributed by atoms with E-state index >= 15 is 0 Å². The van der Waals surface area contributed by atoms with E-state index in [9.17, 15) is 0 Å². The smallest absolute Gasteiger partial charge is 0.196 e. The molecule has 0 aliphatic carbocycles. The van der Waals surface area contributed by atoms with E-state index < -0.39 is 12.5 Å². The average Bonchev–Trinajstić information content (AvgIpc) is 2.60. The highest BCUT2D eigenvalue weighted by molar-refractivity contribution is 8.93. The number of fused-ring (bicyclic) bond motifs is 5.